The molecule has 0 amide bonds. The van der Waals surface area contributed by atoms with Crippen molar-refractivity contribution in [2.75, 3.05) is 5.73 Å². The van der Waals surface area contributed by atoms with Gasteiger partial charge in [0.25, 0.3) is 0 Å². The number of benzene rings is 1. The summed E-state index contributed by atoms with van der Waals surface area (Å²) in [5.41, 5.74) is 9.06. The molecule has 0 unspecified atom stereocenters. The fourth-order valence-electron chi connectivity index (χ4n) is 2.02. The van der Waals surface area contributed by atoms with Crippen molar-refractivity contribution in [1.29, 1.82) is 0 Å². The molecule has 1 heterocycles. The van der Waals surface area contributed by atoms with Gasteiger partial charge in [0.05, 0.1) is 18.2 Å². The number of ether oxygens (including phenoxy) is 1. The van der Waals surface area contributed by atoms with E-state index in [4.69, 9.17) is 10.5 Å². The molecular formula is C14H20N2O. The fraction of sp³-hybridized carbons (Fsp3) is 0.429. The molecule has 1 aromatic heterocycles. The van der Waals surface area contributed by atoms with Crippen molar-refractivity contribution in [2.24, 2.45) is 0 Å². The Morgan fingerprint density at radius 3 is 2.76 bits per heavy atom. The molecule has 2 N–H and O–H groups in total. The van der Waals surface area contributed by atoms with E-state index in [1.54, 1.807) is 0 Å². The molecule has 2 rings (SSSR count). The van der Waals surface area contributed by atoms with E-state index in [0.717, 1.165) is 12.2 Å². The summed E-state index contributed by atoms with van der Waals surface area (Å²) in [6, 6.07) is 6.05. The van der Waals surface area contributed by atoms with Crippen molar-refractivity contribution in [1.82, 2.24) is 4.57 Å². The second kappa shape index (κ2) is 4.80. The summed E-state index contributed by atoms with van der Waals surface area (Å²) in [6.45, 7) is 7.84. The van der Waals surface area contributed by atoms with Crippen LogP contribution in [0.1, 0.15) is 26.3 Å². The number of aryl methyl sites for hydroxylation is 1. The maximum atomic E-state index is 5.83. The first-order valence-electron chi connectivity index (χ1n) is 6.10. The zero-order chi connectivity index (χ0) is 12.4. The second-order valence-electron chi connectivity index (χ2n) is 4.58. The normalized spacial score (nSPS) is 11.5. The third-order valence-electron chi connectivity index (χ3n) is 2.90. The summed E-state index contributed by atoms with van der Waals surface area (Å²) in [5.74, 6) is 0. The second-order valence-corrected chi connectivity index (χ2v) is 4.58. The third-order valence-corrected chi connectivity index (χ3v) is 2.90. The molecule has 2 aromatic rings. The van der Waals surface area contributed by atoms with Gasteiger partial charge in [-0.05, 0) is 32.9 Å². The Bertz CT molecular complexity index is 514. The number of hydrogen-bond acceptors (Lipinski definition) is 2. The lowest BCUT2D eigenvalue weighted by atomic mass is 10.1. The van der Waals surface area contributed by atoms with Crippen LogP contribution in [0.15, 0.2) is 24.4 Å². The summed E-state index contributed by atoms with van der Waals surface area (Å²) in [5, 5.41) is 1.24. The van der Waals surface area contributed by atoms with E-state index >= 15 is 0 Å². The van der Waals surface area contributed by atoms with E-state index in [2.05, 4.69) is 37.6 Å². The third kappa shape index (κ3) is 2.44. The van der Waals surface area contributed by atoms with Crippen molar-refractivity contribution in [3.63, 3.8) is 0 Å². The van der Waals surface area contributed by atoms with Gasteiger partial charge in [-0.2, -0.15) is 0 Å². The molecule has 0 aliphatic heterocycles. The van der Waals surface area contributed by atoms with E-state index in [1.165, 1.54) is 16.5 Å². The van der Waals surface area contributed by atoms with Crippen LogP contribution in [0, 0.1) is 0 Å². The highest BCUT2D eigenvalue weighted by Crippen LogP contribution is 2.24. The van der Waals surface area contributed by atoms with Gasteiger partial charge in [-0.15, -0.1) is 0 Å². The van der Waals surface area contributed by atoms with E-state index in [-0.39, 0.29) is 6.10 Å². The number of nitrogens with two attached hydrogens (primary N) is 1. The van der Waals surface area contributed by atoms with Crippen LogP contribution in [-0.2, 0) is 17.9 Å². The molecule has 1 aromatic carbocycles. The van der Waals surface area contributed by atoms with Crippen LogP contribution < -0.4 is 5.73 Å². The largest absolute Gasteiger partial charge is 0.399 e. The molecular weight excluding hydrogens is 212 g/mol. The topological polar surface area (TPSA) is 40.2 Å². The highest BCUT2D eigenvalue weighted by molar-refractivity contribution is 5.86. The Hall–Kier alpha value is -1.48. The summed E-state index contributed by atoms with van der Waals surface area (Å²) < 4.78 is 7.89. The summed E-state index contributed by atoms with van der Waals surface area (Å²) in [7, 11) is 0. The number of hydrogen-bond donors (Lipinski definition) is 1. The lowest BCUT2D eigenvalue weighted by Gasteiger charge is -2.06. The molecule has 92 valence electrons. The predicted molar refractivity (Wildman–Crippen MR) is 71.9 cm³/mol. The zero-order valence-corrected chi connectivity index (χ0v) is 10.7. The van der Waals surface area contributed by atoms with Crippen LogP contribution in [0.25, 0.3) is 10.9 Å². The first kappa shape index (κ1) is 12.0. The van der Waals surface area contributed by atoms with Gasteiger partial charge in [0.15, 0.2) is 0 Å². The average Bonchev–Trinajstić information content (AvgIpc) is 2.63. The highest BCUT2D eigenvalue weighted by atomic mass is 16.5. The minimum absolute atomic E-state index is 0.254. The van der Waals surface area contributed by atoms with Gasteiger partial charge in [0, 0.05) is 29.4 Å². The van der Waals surface area contributed by atoms with Crippen LogP contribution in [0.4, 0.5) is 5.69 Å². The highest BCUT2D eigenvalue weighted by Gasteiger charge is 2.08. The smallest absolute Gasteiger partial charge is 0.0741 e. The number of aromatic nitrogens is 1. The lowest BCUT2D eigenvalue weighted by Crippen LogP contribution is -2.01. The van der Waals surface area contributed by atoms with Gasteiger partial charge in [0.1, 0.15) is 0 Å². The molecule has 0 saturated heterocycles. The molecule has 0 bridgehead atoms. The Kier molecular flexibility index (Phi) is 3.38. The number of anilines is 1. The average molecular weight is 232 g/mol. The van der Waals surface area contributed by atoms with Crippen LogP contribution in [-0.4, -0.2) is 10.7 Å². The van der Waals surface area contributed by atoms with Crippen molar-refractivity contribution in [3.05, 3.63) is 30.0 Å². The van der Waals surface area contributed by atoms with E-state index in [9.17, 15) is 0 Å². The Morgan fingerprint density at radius 2 is 2.12 bits per heavy atom. The van der Waals surface area contributed by atoms with E-state index < -0.39 is 0 Å². The van der Waals surface area contributed by atoms with Gasteiger partial charge in [-0.3, -0.25) is 0 Å². The van der Waals surface area contributed by atoms with Gasteiger partial charge in [-0.25, -0.2) is 0 Å². The maximum absolute atomic E-state index is 5.83. The zero-order valence-electron chi connectivity index (χ0n) is 10.7. The number of fused-ring (bicyclic) bond motifs is 1. The molecule has 17 heavy (non-hydrogen) atoms. The molecule has 0 saturated carbocycles. The van der Waals surface area contributed by atoms with Gasteiger partial charge >= 0.3 is 0 Å². The van der Waals surface area contributed by atoms with Crippen LogP contribution in [0.2, 0.25) is 0 Å². The Labute approximate surface area is 102 Å². The Morgan fingerprint density at radius 1 is 1.35 bits per heavy atom. The van der Waals surface area contributed by atoms with Crippen LogP contribution in [0.5, 0.6) is 0 Å². The van der Waals surface area contributed by atoms with Crippen molar-refractivity contribution < 1.29 is 4.74 Å². The first-order chi connectivity index (χ1) is 8.11. The fourth-order valence-corrected chi connectivity index (χ4v) is 2.02. The molecule has 0 atom stereocenters. The monoisotopic (exact) mass is 232 g/mol. The molecule has 0 aliphatic rings. The van der Waals surface area contributed by atoms with Crippen LogP contribution >= 0.6 is 0 Å². The van der Waals surface area contributed by atoms with E-state index in [0.29, 0.717) is 6.61 Å². The summed E-state index contributed by atoms with van der Waals surface area (Å²) in [4.78, 5) is 0. The van der Waals surface area contributed by atoms with Gasteiger partial charge in [0.2, 0.25) is 0 Å². The summed E-state index contributed by atoms with van der Waals surface area (Å²) in [6.07, 6.45) is 2.41. The van der Waals surface area contributed by atoms with Crippen molar-refractivity contribution >= 4 is 16.6 Å². The Balaban J connectivity index is 2.42. The van der Waals surface area contributed by atoms with E-state index in [1.807, 2.05) is 12.1 Å². The SMILES string of the molecule is CCn1cc(COC(C)C)c2ccc(N)cc21. The lowest BCUT2D eigenvalue weighted by molar-refractivity contribution is 0.0663. The van der Waals surface area contributed by atoms with Crippen molar-refractivity contribution in [2.45, 2.75) is 40.0 Å². The molecule has 0 radical (unpaired) electrons. The molecule has 0 fully saturated rings. The molecule has 3 heteroatoms. The number of rotatable bonds is 4. The maximum Gasteiger partial charge on any atom is 0.0741 e. The molecule has 0 aliphatic carbocycles. The molecule has 0 spiro atoms. The first-order valence-corrected chi connectivity index (χ1v) is 6.10. The number of nitrogen functional groups attached to an aromatic ring is 1. The molecule has 3 nitrogen and oxygen atoms in total. The number of nitrogens with zero attached hydrogens (tertiary/aromatic N) is 1. The standard InChI is InChI=1S/C14H20N2O/c1-4-16-8-11(9-17-10(2)3)13-6-5-12(15)7-14(13)16/h5-8,10H,4,9,15H2,1-3H3. The quantitative estimate of drug-likeness (QED) is 0.822. The van der Waals surface area contributed by atoms with Crippen LogP contribution in [0.3, 0.4) is 0 Å². The predicted octanol–water partition coefficient (Wildman–Crippen LogP) is 3.17. The van der Waals surface area contributed by atoms with Gasteiger partial charge in [-0.1, -0.05) is 6.07 Å². The summed E-state index contributed by atoms with van der Waals surface area (Å²) >= 11 is 0. The van der Waals surface area contributed by atoms with Gasteiger partial charge < -0.3 is 15.0 Å². The minimum atomic E-state index is 0.254. The minimum Gasteiger partial charge on any atom is -0.399 e. The van der Waals surface area contributed by atoms with Crippen molar-refractivity contribution in [3.8, 4) is 0 Å².